The van der Waals surface area contributed by atoms with Crippen LogP contribution in [0.1, 0.15) is 71.6 Å². The van der Waals surface area contributed by atoms with Gasteiger partial charge >= 0.3 is 5.97 Å². The van der Waals surface area contributed by atoms with Gasteiger partial charge in [-0.3, -0.25) is 9.59 Å². The van der Waals surface area contributed by atoms with E-state index in [1.165, 1.54) is 0 Å². The summed E-state index contributed by atoms with van der Waals surface area (Å²) in [5.74, 6) is 3.25. The van der Waals surface area contributed by atoms with Gasteiger partial charge in [0.2, 0.25) is 0 Å². The second kappa shape index (κ2) is 22.6. The molecule has 0 spiro atoms. The van der Waals surface area contributed by atoms with Crippen molar-refractivity contribution in [1.82, 2.24) is 0 Å². The average Bonchev–Trinajstić information content (AvgIpc) is 3.03. The van der Waals surface area contributed by atoms with Crippen LogP contribution in [-0.2, 0) is 23.8 Å². The molecule has 0 heterocycles. The van der Waals surface area contributed by atoms with Crippen molar-refractivity contribution < 1.29 is 33.3 Å². The highest BCUT2D eigenvalue weighted by atomic mass is 31.1. The number of unbranched alkanes of at least 4 members (excludes halogenated alkanes) is 3. The van der Waals surface area contributed by atoms with Crippen LogP contribution in [0.4, 0.5) is 0 Å². The van der Waals surface area contributed by atoms with Crippen molar-refractivity contribution in [2.24, 2.45) is 11.8 Å². The molecule has 0 aromatic heterocycles. The van der Waals surface area contributed by atoms with Gasteiger partial charge in [0, 0.05) is 5.57 Å². The fourth-order valence-electron chi connectivity index (χ4n) is 4.78. The van der Waals surface area contributed by atoms with Crippen molar-refractivity contribution in [1.29, 1.82) is 0 Å². The molecule has 43 heavy (non-hydrogen) atoms. The molecule has 0 bridgehead atoms. The topological polar surface area (TPSA) is 80.3 Å². The van der Waals surface area contributed by atoms with Crippen molar-refractivity contribution in [3.63, 3.8) is 0 Å². The first kappa shape index (κ1) is 36.3. The van der Waals surface area contributed by atoms with Crippen molar-refractivity contribution in [3.8, 4) is 11.5 Å². The molecule has 0 radical (unpaired) electrons. The Labute approximate surface area is 260 Å². The zero-order valence-corrected chi connectivity index (χ0v) is 27.3. The molecular weight excluding hydrogens is 563 g/mol. The van der Waals surface area contributed by atoms with Crippen molar-refractivity contribution in [2.75, 3.05) is 39.4 Å². The number of hydrogen-bond acceptors (Lipinski definition) is 7. The van der Waals surface area contributed by atoms with E-state index in [0.717, 1.165) is 96.9 Å². The van der Waals surface area contributed by atoms with Crippen LogP contribution in [0.25, 0.3) is 0 Å². The van der Waals surface area contributed by atoms with Crippen LogP contribution in [0.15, 0.2) is 72.2 Å². The van der Waals surface area contributed by atoms with E-state index in [0.29, 0.717) is 42.6 Å². The van der Waals surface area contributed by atoms with Crippen LogP contribution in [-0.4, -0.2) is 51.7 Å². The second-order valence-corrected chi connectivity index (χ2v) is 11.9. The Bertz CT molecular complexity index is 1040. The maximum Gasteiger partial charge on any atom is 0.314 e. The molecule has 0 aliphatic heterocycles. The van der Waals surface area contributed by atoms with Crippen LogP contribution in [0, 0.1) is 11.8 Å². The summed E-state index contributed by atoms with van der Waals surface area (Å²) in [6.45, 7) is 9.44. The SMILES string of the molecule is C=C/C(=C\CC)OCCCCCCOc1ccc(OC(=O)C2CCC(CPCOC/C=C\C(OC)=C(/C)C=O)CC2)cc1. The smallest absolute Gasteiger partial charge is 0.314 e. The third kappa shape index (κ3) is 15.4. The number of hydrogen-bond donors (Lipinski definition) is 0. The lowest BCUT2D eigenvalue weighted by Crippen LogP contribution is -2.26. The minimum Gasteiger partial charge on any atom is -0.496 e. The largest absolute Gasteiger partial charge is 0.496 e. The molecule has 0 N–H and O–H groups in total. The van der Waals surface area contributed by atoms with Gasteiger partial charge < -0.3 is 23.7 Å². The van der Waals surface area contributed by atoms with Gasteiger partial charge in [-0.1, -0.05) is 28.2 Å². The first-order valence-electron chi connectivity index (χ1n) is 15.6. The van der Waals surface area contributed by atoms with Gasteiger partial charge in [0.25, 0.3) is 0 Å². The molecule has 1 aromatic rings. The van der Waals surface area contributed by atoms with Crippen molar-refractivity contribution in [2.45, 2.75) is 71.6 Å². The van der Waals surface area contributed by atoms with Gasteiger partial charge in [-0.15, -0.1) is 0 Å². The summed E-state index contributed by atoms with van der Waals surface area (Å²) in [6, 6.07) is 7.34. The maximum atomic E-state index is 12.7. The number of carbonyl (C=O) groups excluding carboxylic acids is 2. The minimum atomic E-state index is -0.131. The molecule has 1 aliphatic rings. The van der Waals surface area contributed by atoms with Gasteiger partial charge in [0.1, 0.15) is 29.3 Å². The highest BCUT2D eigenvalue weighted by Gasteiger charge is 2.27. The highest BCUT2D eigenvalue weighted by Crippen LogP contribution is 2.33. The van der Waals surface area contributed by atoms with E-state index in [4.69, 9.17) is 23.7 Å². The summed E-state index contributed by atoms with van der Waals surface area (Å²) in [7, 11) is 2.28. The Morgan fingerprint density at radius 3 is 2.37 bits per heavy atom. The van der Waals surface area contributed by atoms with Gasteiger partial charge in [0.05, 0.1) is 39.2 Å². The number of allylic oxidation sites excluding steroid dienone is 4. The molecule has 1 atom stereocenters. The fraction of sp³-hybridized carbons (Fsp3) is 0.543. The lowest BCUT2D eigenvalue weighted by Gasteiger charge is -2.27. The molecule has 8 heteroatoms. The van der Waals surface area contributed by atoms with Crippen LogP contribution < -0.4 is 9.47 Å². The lowest BCUT2D eigenvalue weighted by atomic mass is 9.83. The normalized spacial score (nSPS) is 18.0. The van der Waals surface area contributed by atoms with E-state index in [1.54, 1.807) is 26.2 Å². The second-order valence-electron chi connectivity index (χ2n) is 10.7. The molecule has 7 nitrogen and oxygen atoms in total. The number of ether oxygens (including phenoxy) is 5. The minimum absolute atomic E-state index is 0.0359. The van der Waals surface area contributed by atoms with Crippen LogP contribution >= 0.6 is 8.58 Å². The Balaban J connectivity index is 1.54. The van der Waals surface area contributed by atoms with E-state index < -0.39 is 0 Å². The summed E-state index contributed by atoms with van der Waals surface area (Å²) in [6.07, 6.45) is 19.0. The van der Waals surface area contributed by atoms with E-state index >= 15 is 0 Å². The molecule has 2 rings (SSSR count). The average molecular weight is 615 g/mol. The first-order valence-corrected chi connectivity index (χ1v) is 17.0. The fourth-order valence-corrected chi connectivity index (χ4v) is 5.98. The molecular formula is C35H51O7P. The number of rotatable bonds is 22. The lowest BCUT2D eigenvalue weighted by molar-refractivity contribution is -0.140. The quantitative estimate of drug-likeness (QED) is 0.0191. The Morgan fingerprint density at radius 2 is 1.72 bits per heavy atom. The zero-order chi connectivity index (χ0) is 31.1. The summed E-state index contributed by atoms with van der Waals surface area (Å²) in [4.78, 5) is 23.6. The molecule has 0 amide bonds. The Hall–Kier alpha value is -2.89. The Kier molecular flexibility index (Phi) is 19.1. The van der Waals surface area contributed by atoms with Gasteiger partial charge in [0.15, 0.2) is 0 Å². The van der Waals surface area contributed by atoms with E-state index in [-0.39, 0.29) is 11.9 Å². The van der Waals surface area contributed by atoms with Crippen molar-refractivity contribution >= 4 is 20.8 Å². The molecule has 1 fully saturated rings. The number of benzene rings is 1. The van der Waals surface area contributed by atoms with Crippen LogP contribution in [0.5, 0.6) is 11.5 Å². The van der Waals surface area contributed by atoms with Crippen LogP contribution in [0.3, 0.4) is 0 Å². The molecule has 1 saturated carbocycles. The van der Waals surface area contributed by atoms with E-state index in [2.05, 4.69) is 13.5 Å². The zero-order valence-electron chi connectivity index (χ0n) is 26.3. The number of carbonyl (C=O) groups is 2. The summed E-state index contributed by atoms with van der Waals surface area (Å²) in [5, 5.41) is 0. The highest BCUT2D eigenvalue weighted by molar-refractivity contribution is 7.37. The van der Waals surface area contributed by atoms with Crippen molar-refractivity contribution in [3.05, 3.63) is 72.2 Å². The third-order valence-electron chi connectivity index (χ3n) is 7.31. The molecule has 1 unspecified atom stereocenters. The summed E-state index contributed by atoms with van der Waals surface area (Å²) in [5.41, 5.74) is 0.557. The third-order valence-corrected chi connectivity index (χ3v) is 8.58. The predicted molar refractivity (Wildman–Crippen MR) is 175 cm³/mol. The first-order chi connectivity index (χ1) is 21.0. The predicted octanol–water partition coefficient (Wildman–Crippen LogP) is 8.16. The standard InChI is InChI=1S/C35H51O7P/c1-5-12-31(6-2)40-23-9-7-8-10-24-41-32-18-20-33(21-19-32)42-35(37)30-16-14-29(15-17-30)26-43-27-39-22-11-13-34(38-4)28(3)25-36/h6,11-13,18-21,25,29-30,43H,2,5,7-10,14-17,22-24,26-27H2,1,3-4H3/b13-11-,31-12+,34-28-. The summed E-state index contributed by atoms with van der Waals surface area (Å²) >= 11 is 0. The molecule has 1 aromatic carbocycles. The summed E-state index contributed by atoms with van der Waals surface area (Å²) < 4.78 is 28.1. The number of esters is 1. The maximum absolute atomic E-state index is 12.7. The Morgan fingerprint density at radius 1 is 1.02 bits per heavy atom. The molecule has 238 valence electrons. The molecule has 1 aliphatic carbocycles. The van der Waals surface area contributed by atoms with Gasteiger partial charge in [-0.05, 0) is 119 Å². The van der Waals surface area contributed by atoms with E-state index in [9.17, 15) is 9.59 Å². The monoisotopic (exact) mass is 614 g/mol. The van der Waals surface area contributed by atoms with E-state index in [1.807, 2.05) is 36.4 Å². The number of aldehydes is 1. The molecule has 0 saturated heterocycles. The van der Waals surface area contributed by atoms with Gasteiger partial charge in [-0.25, -0.2) is 0 Å². The van der Waals surface area contributed by atoms with Gasteiger partial charge in [-0.2, -0.15) is 0 Å². The van der Waals surface area contributed by atoms with Crippen LogP contribution in [0.2, 0.25) is 0 Å². The number of methoxy groups -OCH3 is 1.